The lowest BCUT2D eigenvalue weighted by atomic mass is 10.1. The highest BCUT2D eigenvalue weighted by atomic mass is 32.2. The Balaban J connectivity index is 2.29. The van der Waals surface area contributed by atoms with E-state index in [-0.39, 0.29) is 45.7 Å². The monoisotopic (exact) mass is 425 g/mol. The molecule has 0 fully saturated rings. The molecule has 0 radical (unpaired) electrons. The van der Waals surface area contributed by atoms with E-state index in [0.717, 1.165) is 12.3 Å². The highest BCUT2D eigenvalue weighted by molar-refractivity contribution is 7.91. The Morgan fingerprint density at radius 2 is 1.90 bits per heavy atom. The fourth-order valence-electron chi connectivity index (χ4n) is 2.90. The average molecular weight is 425 g/mol. The van der Waals surface area contributed by atoms with Gasteiger partial charge < -0.3 is 10.3 Å². The Bertz CT molecular complexity index is 1170. The molecule has 11 heteroatoms. The topological polar surface area (TPSA) is 115 Å². The van der Waals surface area contributed by atoms with E-state index in [0.29, 0.717) is 5.69 Å². The van der Waals surface area contributed by atoms with Crippen LogP contribution in [0.4, 0.5) is 13.2 Å². The zero-order valence-electron chi connectivity index (χ0n) is 15.6. The highest BCUT2D eigenvalue weighted by Crippen LogP contribution is 2.36. The number of halogens is 3. The number of alkyl halides is 3. The molecule has 1 aromatic heterocycles. The summed E-state index contributed by atoms with van der Waals surface area (Å²) in [5.74, 6) is -0.577. The van der Waals surface area contributed by atoms with E-state index < -0.39 is 21.6 Å². The minimum atomic E-state index is -4.54. The van der Waals surface area contributed by atoms with Gasteiger partial charge in [-0.25, -0.2) is 13.4 Å². The van der Waals surface area contributed by atoms with Crippen molar-refractivity contribution in [3.8, 4) is 22.8 Å². The maximum atomic E-state index is 13.2. The summed E-state index contributed by atoms with van der Waals surface area (Å²) >= 11 is 0. The molecule has 3 rings (SSSR count). The van der Waals surface area contributed by atoms with Gasteiger partial charge in [0.15, 0.2) is 9.84 Å². The van der Waals surface area contributed by atoms with Crippen LogP contribution < -0.4 is 5.73 Å². The van der Waals surface area contributed by atoms with Crippen molar-refractivity contribution in [2.75, 3.05) is 5.75 Å². The molecule has 7 nitrogen and oxygen atoms in total. The van der Waals surface area contributed by atoms with Gasteiger partial charge in [0.25, 0.3) is 0 Å². The van der Waals surface area contributed by atoms with E-state index in [1.165, 1.54) is 29.8 Å². The molecule has 0 aliphatic carbocycles. The largest absolute Gasteiger partial charge is 0.417 e. The summed E-state index contributed by atoms with van der Waals surface area (Å²) in [6, 6.07) is 3.66. The van der Waals surface area contributed by atoms with Crippen molar-refractivity contribution in [1.82, 2.24) is 14.5 Å². The molecule has 0 amide bonds. The highest BCUT2D eigenvalue weighted by Gasteiger charge is 2.33. The number of hydrogen-bond donors (Lipinski definition) is 2. The third-order valence-corrected chi connectivity index (χ3v) is 6.20. The SMILES string of the molecule is CCn1cc(C(F)(F)F)cc2nc(-c3ncc(C(=N)N)cc3S(=O)(=O)CC)cc1-2. The van der Waals surface area contributed by atoms with Crippen LogP contribution in [0.25, 0.3) is 22.8 Å². The number of sulfone groups is 1. The second-order valence-electron chi connectivity index (χ2n) is 6.31. The third-order valence-electron chi connectivity index (χ3n) is 4.46. The van der Waals surface area contributed by atoms with Crippen LogP contribution in [-0.2, 0) is 22.6 Å². The zero-order valence-corrected chi connectivity index (χ0v) is 16.4. The average Bonchev–Trinajstić information content (AvgIpc) is 3.10. The van der Waals surface area contributed by atoms with Gasteiger partial charge in [-0.3, -0.25) is 10.4 Å². The number of nitrogen functional groups attached to an aromatic ring is 1. The number of fused-ring (bicyclic) bond motifs is 1. The second-order valence-corrected chi connectivity index (χ2v) is 8.56. The Hall–Kier alpha value is -2.95. The van der Waals surface area contributed by atoms with E-state index in [4.69, 9.17) is 11.1 Å². The van der Waals surface area contributed by atoms with Crippen molar-refractivity contribution in [3.05, 3.63) is 41.7 Å². The van der Waals surface area contributed by atoms with E-state index in [9.17, 15) is 21.6 Å². The van der Waals surface area contributed by atoms with Crippen LogP contribution in [0.15, 0.2) is 35.5 Å². The molecule has 29 heavy (non-hydrogen) atoms. The smallest absolute Gasteiger partial charge is 0.384 e. The Morgan fingerprint density at radius 3 is 2.45 bits per heavy atom. The molecule has 0 bridgehead atoms. The van der Waals surface area contributed by atoms with Crippen molar-refractivity contribution in [1.29, 1.82) is 5.41 Å². The van der Waals surface area contributed by atoms with E-state index in [2.05, 4.69) is 9.97 Å². The first-order chi connectivity index (χ1) is 13.5. The molecule has 2 aliphatic heterocycles. The Kier molecular flexibility index (Phi) is 5.11. The van der Waals surface area contributed by atoms with Crippen molar-refractivity contribution in [2.45, 2.75) is 31.5 Å². The molecule has 3 heterocycles. The quantitative estimate of drug-likeness (QED) is 0.481. The minimum Gasteiger partial charge on any atom is -0.384 e. The Morgan fingerprint density at radius 1 is 1.21 bits per heavy atom. The molecule has 3 N–H and O–H groups in total. The van der Waals surface area contributed by atoms with E-state index >= 15 is 0 Å². The lowest BCUT2D eigenvalue weighted by Crippen LogP contribution is -2.14. The van der Waals surface area contributed by atoms with Crippen LogP contribution in [0.1, 0.15) is 25.0 Å². The van der Waals surface area contributed by atoms with Crippen LogP contribution in [-0.4, -0.2) is 34.5 Å². The molecule has 2 aliphatic rings. The number of nitrogens with one attached hydrogen (secondary N) is 1. The first-order valence-electron chi connectivity index (χ1n) is 8.63. The molecule has 0 atom stereocenters. The van der Waals surface area contributed by atoms with Crippen molar-refractivity contribution >= 4 is 15.7 Å². The molecule has 0 unspecified atom stereocenters. The van der Waals surface area contributed by atoms with E-state index in [1.54, 1.807) is 6.92 Å². The van der Waals surface area contributed by atoms with Gasteiger partial charge in [-0.15, -0.1) is 0 Å². The molecule has 154 valence electrons. The van der Waals surface area contributed by atoms with Gasteiger partial charge in [0.1, 0.15) is 11.5 Å². The van der Waals surface area contributed by atoms with Crippen molar-refractivity contribution < 1.29 is 21.6 Å². The number of nitrogens with two attached hydrogens (primary N) is 1. The summed E-state index contributed by atoms with van der Waals surface area (Å²) in [6.07, 6.45) is -2.31. The molecular weight excluding hydrogens is 407 g/mol. The lowest BCUT2D eigenvalue weighted by Gasteiger charge is -2.14. The van der Waals surface area contributed by atoms with Crippen molar-refractivity contribution in [2.24, 2.45) is 5.73 Å². The van der Waals surface area contributed by atoms with Crippen LogP contribution in [0.3, 0.4) is 0 Å². The van der Waals surface area contributed by atoms with Gasteiger partial charge >= 0.3 is 6.18 Å². The zero-order chi connectivity index (χ0) is 21.6. The lowest BCUT2D eigenvalue weighted by molar-refractivity contribution is -0.138. The number of rotatable bonds is 5. The molecule has 0 saturated carbocycles. The number of nitrogens with zero attached hydrogens (tertiary/aromatic N) is 3. The standard InChI is InChI=1S/C18H18F3N5O2S/c1-3-26-9-11(18(19,20)21)6-12-14(26)7-13(25-12)16-15(29(27,28)4-2)5-10(8-24-16)17(22)23/h5-9H,3-4H2,1-2H3,(H3,22,23). The van der Waals surface area contributed by atoms with Gasteiger partial charge in [-0.2, -0.15) is 13.2 Å². The Labute approximate surface area is 165 Å². The van der Waals surface area contributed by atoms with Gasteiger partial charge in [-0.1, -0.05) is 6.92 Å². The number of aryl methyl sites for hydroxylation is 1. The number of amidine groups is 1. The van der Waals surface area contributed by atoms with Crippen LogP contribution >= 0.6 is 0 Å². The van der Waals surface area contributed by atoms with Crippen LogP contribution in [0.2, 0.25) is 0 Å². The first-order valence-corrected chi connectivity index (χ1v) is 10.3. The fraction of sp³-hybridized carbons (Fsp3) is 0.278. The summed E-state index contributed by atoms with van der Waals surface area (Å²) < 4.78 is 66.1. The van der Waals surface area contributed by atoms with Crippen molar-refractivity contribution in [3.63, 3.8) is 0 Å². The summed E-state index contributed by atoms with van der Waals surface area (Å²) in [5, 5.41) is 7.51. The summed E-state index contributed by atoms with van der Waals surface area (Å²) in [5.41, 5.74) is 5.35. The molecule has 0 spiro atoms. The summed E-state index contributed by atoms with van der Waals surface area (Å²) in [4.78, 5) is 8.16. The summed E-state index contributed by atoms with van der Waals surface area (Å²) in [7, 11) is -3.76. The number of aromatic nitrogens is 3. The van der Waals surface area contributed by atoms with Gasteiger partial charge in [-0.05, 0) is 25.1 Å². The summed E-state index contributed by atoms with van der Waals surface area (Å²) in [6.45, 7) is 3.41. The van der Waals surface area contributed by atoms with Crippen LogP contribution in [0, 0.1) is 5.41 Å². The predicted molar refractivity (Wildman–Crippen MR) is 101 cm³/mol. The van der Waals surface area contributed by atoms with Crippen LogP contribution in [0.5, 0.6) is 0 Å². The third kappa shape index (κ3) is 3.82. The normalized spacial score (nSPS) is 12.4. The van der Waals surface area contributed by atoms with Gasteiger partial charge in [0, 0.05) is 24.5 Å². The maximum absolute atomic E-state index is 13.2. The molecule has 0 saturated heterocycles. The fourth-order valence-corrected chi connectivity index (χ4v) is 3.97. The molecule has 0 aromatic carbocycles. The van der Waals surface area contributed by atoms with Gasteiger partial charge in [0.2, 0.25) is 0 Å². The molecular formula is C18H18F3N5O2S. The number of hydrogen-bond acceptors (Lipinski definition) is 5. The predicted octanol–water partition coefficient (Wildman–Crippen LogP) is 3.17. The van der Waals surface area contributed by atoms with E-state index in [1.807, 2.05) is 0 Å². The maximum Gasteiger partial charge on any atom is 0.417 e. The molecule has 1 aromatic rings. The first kappa shape index (κ1) is 20.8. The van der Waals surface area contributed by atoms with Gasteiger partial charge in [0.05, 0.1) is 33.3 Å². The minimum absolute atomic E-state index is 0.00395. The second kappa shape index (κ2) is 7.14. The number of pyridine rings is 2.